The fourth-order valence-corrected chi connectivity index (χ4v) is 4.40. The molecule has 0 bridgehead atoms. The third-order valence-electron chi connectivity index (χ3n) is 4.92. The molecule has 0 aromatic carbocycles. The minimum Gasteiger partial charge on any atom is -0.481 e. The highest BCUT2D eigenvalue weighted by molar-refractivity contribution is 7.93. The molecule has 3 aromatic heterocycles. The van der Waals surface area contributed by atoms with Crippen molar-refractivity contribution in [3.8, 4) is 17.4 Å². The van der Waals surface area contributed by atoms with Crippen LogP contribution >= 0.6 is 11.6 Å². The molecule has 2 atom stereocenters. The fraction of sp³-hybridized carbons (Fsp3) is 0.476. The molecule has 3 aromatic rings. The van der Waals surface area contributed by atoms with Gasteiger partial charge in [-0.15, -0.1) is 10.2 Å². The van der Waals surface area contributed by atoms with E-state index in [9.17, 15) is 8.42 Å². The quantitative estimate of drug-likeness (QED) is 0.410. The Morgan fingerprint density at radius 1 is 1.15 bits per heavy atom. The Labute approximate surface area is 204 Å². The highest BCUT2D eigenvalue weighted by Gasteiger charge is 2.35. The summed E-state index contributed by atoms with van der Waals surface area (Å²) in [5, 5.41) is 7.58. The number of anilines is 1. The van der Waals surface area contributed by atoms with Gasteiger partial charge in [0.1, 0.15) is 17.0 Å². The summed E-state index contributed by atoms with van der Waals surface area (Å²) in [4.78, 5) is 12.7. The number of sulfonamides is 1. The number of ether oxygens (including phenoxy) is 2. The van der Waals surface area contributed by atoms with Gasteiger partial charge in [0, 0.05) is 31.1 Å². The Morgan fingerprint density at radius 2 is 1.85 bits per heavy atom. The normalized spacial score (nSPS) is 13.6. The molecule has 0 fully saturated rings. The standard InChI is InChI=1S/C21H28ClN7O4S/c1-6-10-33-18(19-23-11-15(22)12-24-19)14(4)34(30,31)28-21-27-26-20(29(21)13(2)3)16-8-7-9-17(25-16)32-5/h7-9,11-14,18H,6,10H2,1-5H3,(H,27,28)/t14-,18+/m0/s1. The van der Waals surface area contributed by atoms with Crippen LogP contribution in [0.25, 0.3) is 11.5 Å². The Morgan fingerprint density at radius 3 is 2.47 bits per heavy atom. The van der Waals surface area contributed by atoms with E-state index in [1.807, 2.05) is 20.8 Å². The van der Waals surface area contributed by atoms with Gasteiger partial charge in [-0.05, 0) is 33.3 Å². The molecule has 0 aliphatic heterocycles. The van der Waals surface area contributed by atoms with Gasteiger partial charge in [-0.3, -0.25) is 9.29 Å². The molecule has 0 aliphatic carbocycles. The molecule has 0 amide bonds. The molecule has 11 nitrogen and oxygen atoms in total. The summed E-state index contributed by atoms with van der Waals surface area (Å²) in [5.74, 6) is 1.10. The first-order chi connectivity index (χ1) is 16.2. The zero-order valence-corrected chi connectivity index (χ0v) is 21.2. The second kappa shape index (κ2) is 11.1. The van der Waals surface area contributed by atoms with Crippen molar-refractivity contribution in [2.75, 3.05) is 18.4 Å². The van der Waals surface area contributed by atoms with Gasteiger partial charge in [-0.1, -0.05) is 24.6 Å². The van der Waals surface area contributed by atoms with Crippen molar-refractivity contribution in [3.05, 3.63) is 41.4 Å². The summed E-state index contributed by atoms with van der Waals surface area (Å²) in [6.07, 6.45) is 2.59. The highest BCUT2D eigenvalue weighted by atomic mass is 35.5. The SMILES string of the molecule is CCCO[C@@H](c1ncc(Cl)cn1)[C@H](C)S(=O)(=O)Nc1nnc(-c2cccc(OC)n2)n1C(C)C. The van der Waals surface area contributed by atoms with Gasteiger partial charge in [0.15, 0.2) is 11.6 Å². The van der Waals surface area contributed by atoms with E-state index >= 15 is 0 Å². The zero-order valence-electron chi connectivity index (χ0n) is 19.6. The van der Waals surface area contributed by atoms with Gasteiger partial charge in [-0.25, -0.2) is 23.4 Å². The maximum absolute atomic E-state index is 13.4. The summed E-state index contributed by atoms with van der Waals surface area (Å²) >= 11 is 5.89. The Hall–Kier alpha value is -2.83. The maximum atomic E-state index is 13.4. The van der Waals surface area contributed by atoms with Crippen molar-refractivity contribution in [1.82, 2.24) is 29.7 Å². The summed E-state index contributed by atoms with van der Waals surface area (Å²) in [6, 6.07) is 5.06. The summed E-state index contributed by atoms with van der Waals surface area (Å²) in [7, 11) is -2.48. The first-order valence-corrected chi connectivity index (χ1v) is 12.7. The van der Waals surface area contributed by atoms with Crippen molar-refractivity contribution in [2.24, 2.45) is 0 Å². The van der Waals surface area contributed by atoms with E-state index in [2.05, 4.69) is 29.9 Å². The molecule has 13 heteroatoms. The molecule has 0 saturated carbocycles. The molecule has 34 heavy (non-hydrogen) atoms. The van der Waals surface area contributed by atoms with Gasteiger partial charge in [0.2, 0.25) is 21.9 Å². The first-order valence-electron chi connectivity index (χ1n) is 10.7. The lowest BCUT2D eigenvalue weighted by Crippen LogP contribution is -2.34. The first kappa shape index (κ1) is 25.8. The van der Waals surface area contributed by atoms with Crippen LogP contribution in [-0.2, 0) is 14.8 Å². The van der Waals surface area contributed by atoms with Crippen molar-refractivity contribution in [2.45, 2.75) is 51.5 Å². The molecule has 0 radical (unpaired) electrons. The van der Waals surface area contributed by atoms with Gasteiger partial charge < -0.3 is 9.47 Å². The maximum Gasteiger partial charge on any atom is 0.240 e. The summed E-state index contributed by atoms with van der Waals surface area (Å²) < 4.78 is 42.0. The van der Waals surface area contributed by atoms with Crippen LogP contribution in [-0.4, -0.2) is 57.1 Å². The highest BCUT2D eigenvalue weighted by Crippen LogP contribution is 2.29. The number of hydrogen-bond acceptors (Lipinski definition) is 9. The van der Waals surface area contributed by atoms with Crippen molar-refractivity contribution < 1.29 is 17.9 Å². The predicted octanol–water partition coefficient (Wildman–Crippen LogP) is 3.67. The largest absolute Gasteiger partial charge is 0.481 e. The van der Waals surface area contributed by atoms with E-state index in [0.29, 0.717) is 35.4 Å². The van der Waals surface area contributed by atoms with Gasteiger partial charge in [0.05, 0.1) is 12.1 Å². The van der Waals surface area contributed by atoms with Gasteiger partial charge >= 0.3 is 0 Å². The monoisotopic (exact) mass is 509 g/mol. The fourth-order valence-electron chi connectivity index (χ4n) is 3.19. The number of nitrogens with one attached hydrogen (secondary N) is 1. The predicted molar refractivity (Wildman–Crippen MR) is 128 cm³/mol. The number of aromatic nitrogens is 6. The molecule has 0 aliphatic rings. The van der Waals surface area contributed by atoms with Crippen LogP contribution in [0.5, 0.6) is 5.88 Å². The number of pyridine rings is 1. The number of rotatable bonds is 11. The topological polar surface area (TPSA) is 134 Å². The van der Waals surface area contributed by atoms with Crippen LogP contribution in [0.1, 0.15) is 52.1 Å². The average Bonchev–Trinajstić information content (AvgIpc) is 3.23. The van der Waals surface area contributed by atoms with Crippen LogP contribution in [0.3, 0.4) is 0 Å². The van der Waals surface area contributed by atoms with E-state index in [1.165, 1.54) is 26.4 Å². The Bertz CT molecular complexity index is 1200. The van der Waals surface area contributed by atoms with Crippen LogP contribution in [0, 0.1) is 0 Å². The van der Waals surface area contributed by atoms with E-state index in [1.54, 1.807) is 22.8 Å². The second-order valence-electron chi connectivity index (χ2n) is 7.78. The minimum atomic E-state index is -4.00. The number of hydrogen-bond donors (Lipinski definition) is 1. The molecule has 3 rings (SSSR count). The van der Waals surface area contributed by atoms with Crippen molar-refractivity contribution >= 4 is 27.6 Å². The summed E-state index contributed by atoms with van der Waals surface area (Å²) in [5.41, 5.74) is 0.498. The van der Waals surface area contributed by atoms with Gasteiger partial charge in [0.25, 0.3) is 0 Å². The second-order valence-corrected chi connectivity index (χ2v) is 10.3. The molecule has 184 valence electrons. The third kappa shape index (κ3) is 5.80. The smallest absolute Gasteiger partial charge is 0.240 e. The minimum absolute atomic E-state index is 0.0627. The molecule has 3 heterocycles. The molecule has 0 spiro atoms. The molecular formula is C21H28ClN7O4S. The van der Waals surface area contributed by atoms with Crippen LogP contribution in [0.2, 0.25) is 5.02 Å². The Balaban J connectivity index is 1.95. The van der Waals surface area contributed by atoms with Crippen molar-refractivity contribution in [1.29, 1.82) is 0 Å². The van der Waals surface area contributed by atoms with E-state index in [4.69, 9.17) is 21.1 Å². The average molecular weight is 510 g/mol. The number of methoxy groups -OCH3 is 1. The summed E-state index contributed by atoms with van der Waals surface area (Å²) in [6.45, 7) is 7.58. The molecule has 0 unspecified atom stereocenters. The van der Waals surface area contributed by atoms with E-state index in [-0.39, 0.29) is 17.8 Å². The lowest BCUT2D eigenvalue weighted by atomic mass is 10.2. The molecule has 1 N–H and O–H groups in total. The molecular weight excluding hydrogens is 482 g/mol. The zero-order chi connectivity index (χ0) is 24.9. The van der Waals surface area contributed by atoms with Crippen LogP contribution < -0.4 is 9.46 Å². The third-order valence-corrected chi connectivity index (χ3v) is 6.81. The lowest BCUT2D eigenvalue weighted by molar-refractivity contribution is 0.0466. The van der Waals surface area contributed by atoms with E-state index < -0.39 is 21.4 Å². The number of nitrogens with zero attached hydrogens (tertiary/aromatic N) is 6. The van der Waals surface area contributed by atoms with Crippen LogP contribution in [0.15, 0.2) is 30.6 Å². The number of halogens is 1. The van der Waals surface area contributed by atoms with Crippen LogP contribution in [0.4, 0.5) is 5.95 Å². The van der Waals surface area contributed by atoms with Gasteiger partial charge in [-0.2, -0.15) is 0 Å². The molecule has 0 saturated heterocycles. The van der Waals surface area contributed by atoms with E-state index in [0.717, 1.165) is 0 Å². The van der Waals surface area contributed by atoms with Crippen molar-refractivity contribution in [3.63, 3.8) is 0 Å². The lowest BCUT2D eigenvalue weighted by Gasteiger charge is -2.24. The Kier molecular flexibility index (Phi) is 8.39.